The van der Waals surface area contributed by atoms with Crippen molar-refractivity contribution in [1.82, 2.24) is 5.32 Å². The van der Waals surface area contributed by atoms with E-state index in [1.54, 1.807) is 19.1 Å². The largest absolute Gasteiger partial charge is 0.487 e. The van der Waals surface area contributed by atoms with E-state index in [0.29, 0.717) is 29.8 Å². The Hall–Kier alpha value is -2.43. The van der Waals surface area contributed by atoms with Gasteiger partial charge in [-0.1, -0.05) is 13.0 Å². The molecule has 0 saturated heterocycles. The van der Waals surface area contributed by atoms with E-state index in [1.165, 1.54) is 18.2 Å². The van der Waals surface area contributed by atoms with Crippen LogP contribution in [0.25, 0.3) is 11.1 Å². The molecule has 1 aliphatic heterocycles. The lowest BCUT2D eigenvalue weighted by Gasteiger charge is -2.15. The number of carbonyl (C=O) groups excluding carboxylic acids is 1. The molecule has 1 atom stereocenters. The molecule has 2 aliphatic rings. The minimum atomic E-state index is -0.348. The van der Waals surface area contributed by atoms with Crippen LogP contribution >= 0.6 is 0 Å². The van der Waals surface area contributed by atoms with Gasteiger partial charge in [0, 0.05) is 23.0 Å². The van der Waals surface area contributed by atoms with E-state index in [9.17, 15) is 13.6 Å². The standard InChI is InChI=1S/C21H21F2NO2/c1-12-7-13(3-4-18(12)23)17-10-15(22)8-14-9-16(26-19(14)17)11-24-20(25)21(2)5-6-21/h3-4,7-8,10,16H,5-6,9,11H2,1-2H3,(H,24,25). The first-order chi connectivity index (χ1) is 12.4. The normalized spacial score (nSPS) is 19.6. The molecule has 136 valence electrons. The Labute approximate surface area is 151 Å². The van der Waals surface area contributed by atoms with Crippen LogP contribution in [0, 0.1) is 24.0 Å². The van der Waals surface area contributed by atoms with Crippen LogP contribution in [0.15, 0.2) is 30.3 Å². The summed E-state index contributed by atoms with van der Waals surface area (Å²) < 4.78 is 33.7. The number of carbonyl (C=O) groups is 1. The fourth-order valence-electron chi connectivity index (χ4n) is 3.37. The Bertz CT molecular complexity index is 890. The van der Waals surface area contributed by atoms with E-state index in [-0.39, 0.29) is 29.1 Å². The van der Waals surface area contributed by atoms with Gasteiger partial charge < -0.3 is 10.1 Å². The van der Waals surface area contributed by atoms with Crippen molar-refractivity contribution >= 4 is 5.91 Å². The molecule has 1 N–H and O–H groups in total. The Balaban J connectivity index is 1.56. The summed E-state index contributed by atoms with van der Waals surface area (Å²) >= 11 is 0. The third-order valence-corrected chi connectivity index (χ3v) is 5.37. The lowest BCUT2D eigenvalue weighted by molar-refractivity contribution is -0.126. The van der Waals surface area contributed by atoms with Gasteiger partial charge in [-0.25, -0.2) is 8.78 Å². The van der Waals surface area contributed by atoms with Gasteiger partial charge in [-0.3, -0.25) is 4.79 Å². The summed E-state index contributed by atoms with van der Waals surface area (Å²) in [6, 6.07) is 7.59. The SMILES string of the molecule is Cc1cc(-c2cc(F)cc3c2OC(CNC(=O)C2(C)CC2)C3)ccc1F. The summed E-state index contributed by atoms with van der Waals surface area (Å²) in [5, 5.41) is 2.95. The van der Waals surface area contributed by atoms with E-state index >= 15 is 0 Å². The van der Waals surface area contributed by atoms with Crippen molar-refractivity contribution in [1.29, 1.82) is 0 Å². The third kappa shape index (κ3) is 3.06. The van der Waals surface area contributed by atoms with Gasteiger partial charge >= 0.3 is 0 Å². The molecule has 3 nitrogen and oxygen atoms in total. The minimum Gasteiger partial charge on any atom is -0.487 e. The van der Waals surface area contributed by atoms with E-state index < -0.39 is 0 Å². The van der Waals surface area contributed by atoms with Crippen molar-refractivity contribution in [3.05, 3.63) is 53.1 Å². The molecule has 2 aromatic carbocycles. The van der Waals surface area contributed by atoms with Crippen LogP contribution in [0.4, 0.5) is 8.78 Å². The van der Waals surface area contributed by atoms with Gasteiger partial charge in [-0.05, 0) is 55.2 Å². The second kappa shape index (κ2) is 6.08. The molecule has 4 rings (SSSR count). The number of amides is 1. The van der Waals surface area contributed by atoms with Crippen molar-refractivity contribution in [3.63, 3.8) is 0 Å². The molecular formula is C21H21F2NO2. The molecule has 5 heteroatoms. The molecule has 1 heterocycles. The minimum absolute atomic E-state index is 0.0534. The van der Waals surface area contributed by atoms with Gasteiger partial charge in [0.15, 0.2) is 0 Å². The molecule has 2 aromatic rings. The Kier molecular flexibility index (Phi) is 3.98. The number of aryl methyl sites for hydroxylation is 1. The van der Waals surface area contributed by atoms with Crippen molar-refractivity contribution < 1.29 is 18.3 Å². The average Bonchev–Trinajstić information content (AvgIpc) is 3.22. The first-order valence-electron chi connectivity index (χ1n) is 8.90. The second-order valence-corrected chi connectivity index (χ2v) is 7.62. The highest BCUT2D eigenvalue weighted by atomic mass is 19.1. The molecule has 1 unspecified atom stereocenters. The number of rotatable bonds is 4. The maximum atomic E-state index is 14.1. The van der Waals surface area contributed by atoms with E-state index in [0.717, 1.165) is 24.0 Å². The first-order valence-corrected chi connectivity index (χ1v) is 8.90. The van der Waals surface area contributed by atoms with Crippen LogP contribution < -0.4 is 10.1 Å². The summed E-state index contributed by atoms with van der Waals surface area (Å²) in [7, 11) is 0. The number of hydrogen-bond acceptors (Lipinski definition) is 2. The molecular weight excluding hydrogens is 336 g/mol. The summed E-state index contributed by atoms with van der Waals surface area (Å²) in [5.41, 5.74) is 2.38. The second-order valence-electron chi connectivity index (χ2n) is 7.62. The van der Waals surface area contributed by atoms with E-state index in [4.69, 9.17) is 4.74 Å². The number of fused-ring (bicyclic) bond motifs is 1. The number of benzene rings is 2. The van der Waals surface area contributed by atoms with Gasteiger partial charge in [-0.15, -0.1) is 0 Å². The Morgan fingerprint density at radius 1 is 1.27 bits per heavy atom. The van der Waals surface area contributed by atoms with Gasteiger partial charge in [0.2, 0.25) is 5.91 Å². The van der Waals surface area contributed by atoms with Crippen molar-refractivity contribution in [2.45, 2.75) is 39.2 Å². The Morgan fingerprint density at radius 2 is 2.04 bits per heavy atom. The number of ether oxygens (including phenoxy) is 1. The molecule has 0 spiro atoms. The fraction of sp³-hybridized carbons (Fsp3) is 0.381. The zero-order valence-electron chi connectivity index (χ0n) is 14.9. The predicted molar refractivity (Wildman–Crippen MR) is 95.0 cm³/mol. The van der Waals surface area contributed by atoms with E-state index in [1.807, 2.05) is 6.92 Å². The summed E-state index contributed by atoms with van der Waals surface area (Å²) in [5.74, 6) is 0.0308. The Morgan fingerprint density at radius 3 is 2.73 bits per heavy atom. The van der Waals surface area contributed by atoms with Crippen molar-refractivity contribution in [2.24, 2.45) is 5.41 Å². The van der Waals surface area contributed by atoms with Crippen LogP contribution in [0.2, 0.25) is 0 Å². The molecule has 1 fully saturated rings. The van der Waals surface area contributed by atoms with Crippen molar-refractivity contribution in [3.8, 4) is 16.9 Å². The van der Waals surface area contributed by atoms with Crippen LogP contribution in [0.3, 0.4) is 0 Å². The van der Waals surface area contributed by atoms with Gasteiger partial charge in [0.25, 0.3) is 0 Å². The van der Waals surface area contributed by atoms with Gasteiger partial charge in [0.05, 0.1) is 6.54 Å². The summed E-state index contributed by atoms with van der Waals surface area (Å²) in [6.45, 7) is 4.03. The lowest BCUT2D eigenvalue weighted by atomic mass is 9.99. The molecule has 0 bridgehead atoms. The number of nitrogens with one attached hydrogen (secondary N) is 1. The number of hydrogen-bond donors (Lipinski definition) is 1. The summed E-state index contributed by atoms with van der Waals surface area (Å²) in [4.78, 5) is 12.1. The molecule has 0 radical (unpaired) electrons. The van der Waals surface area contributed by atoms with Crippen LogP contribution in [-0.2, 0) is 11.2 Å². The van der Waals surface area contributed by atoms with Crippen LogP contribution in [-0.4, -0.2) is 18.6 Å². The fourth-order valence-corrected chi connectivity index (χ4v) is 3.37. The first kappa shape index (κ1) is 17.0. The van der Waals surface area contributed by atoms with Crippen LogP contribution in [0.1, 0.15) is 30.9 Å². The third-order valence-electron chi connectivity index (χ3n) is 5.37. The lowest BCUT2D eigenvalue weighted by Crippen LogP contribution is -2.38. The monoisotopic (exact) mass is 357 g/mol. The molecule has 1 amide bonds. The highest BCUT2D eigenvalue weighted by Crippen LogP contribution is 2.45. The molecule has 0 aromatic heterocycles. The maximum absolute atomic E-state index is 14.1. The predicted octanol–water partition coefficient (Wildman–Crippen LogP) is 4.16. The number of halogens is 2. The molecule has 26 heavy (non-hydrogen) atoms. The smallest absolute Gasteiger partial charge is 0.226 e. The highest BCUT2D eigenvalue weighted by Gasteiger charge is 2.45. The van der Waals surface area contributed by atoms with Gasteiger partial charge in [0.1, 0.15) is 23.5 Å². The zero-order chi connectivity index (χ0) is 18.5. The van der Waals surface area contributed by atoms with E-state index in [2.05, 4.69) is 5.32 Å². The van der Waals surface area contributed by atoms with Crippen molar-refractivity contribution in [2.75, 3.05) is 6.54 Å². The zero-order valence-corrected chi connectivity index (χ0v) is 14.9. The van der Waals surface area contributed by atoms with Gasteiger partial charge in [-0.2, -0.15) is 0 Å². The average molecular weight is 357 g/mol. The van der Waals surface area contributed by atoms with Crippen LogP contribution in [0.5, 0.6) is 5.75 Å². The maximum Gasteiger partial charge on any atom is 0.226 e. The molecule has 1 aliphatic carbocycles. The quantitative estimate of drug-likeness (QED) is 0.892. The topological polar surface area (TPSA) is 38.3 Å². The summed E-state index contributed by atoms with van der Waals surface area (Å²) in [6.07, 6.45) is 2.16. The molecule has 1 saturated carbocycles. The highest BCUT2D eigenvalue weighted by molar-refractivity contribution is 5.84.